The van der Waals surface area contributed by atoms with Gasteiger partial charge in [-0.05, 0) is 66.5 Å². The standard InChI is InChI=1S/C21H33N/c1-21(2,20-10-4-3-5-11-20)16-22-15-17-12-13-18-8-6-7-9-19(18)14-17/h12-14,20,22H,3-11,15-16H2,1-2H3. The maximum atomic E-state index is 3.75. The van der Waals surface area contributed by atoms with E-state index in [1.165, 1.54) is 63.4 Å². The topological polar surface area (TPSA) is 12.0 Å². The normalized spacial score (nSPS) is 19.9. The van der Waals surface area contributed by atoms with Crippen LogP contribution in [0, 0.1) is 11.3 Å². The lowest BCUT2D eigenvalue weighted by molar-refractivity contribution is 0.154. The molecule has 0 aromatic heterocycles. The van der Waals surface area contributed by atoms with Gasteiger partial charge in [0.25, 0.3) is 0 Å². The fraction of sp³-hybridized carbons (Fsp3) is 0.714. The van der Waals surface area contributed by atoms with Gasteiger partial charge in [0.15, 0.2) is 0 Å². The van der Waals surface area contributed by atoms with Crippen molar-refractivity contribution in [2.75, 3.05) is 6.54 Å². The molecule has 0 heterocycles. The quantitative estimate of drug-likeness (QED) is 0.782. The van der Waals surface area contributed by atoms with E-state index in [0.29, 0.717) is 5.41 Å². The molecule has 3 rings (SSSR count). The van der Waals surface area contributed by atoms with Crippen molar-refractivity contribution in [1.82, 2.24) is 5.32 Å². The van der Waals surface area contributed by atoms with Crippen LogP contribution in [-0.4, -0.2) is 6.54 Å². The van der Waals surface area contributed by atoms with Gasteiger partial charge in [-0.1, -0.05) is 51.3 Å². The van der Waals surface area contributed by atoms with Gasteiger partial charge in [0.1, 0.15) is 0 Å². The summed E-state index contributed by atoms with van der Waals surface area (Å²) < 4.78 is 0. The van der Waals surface area contributed by atoms with Crippen LogP contribution in [0.3, 0.4) is 0 Å². The predicted molar refractivity (Wildman–Crippen MR) is 95.1 cm³/mol. The number of benzene rings is 1. The lowest BCUT2D eigenvalue weighted by Gasteiger charge is -2.37. The molecule has 1 heteroatoms. The van der Waals surface area contributed by atoms with Crippen LogP contribution in [0.25, 0.3) is 0 Å². The smallest absolute Gasteiger partial charge is 0.0205 e. The van der Waals surface area contributed by atoms with Crippen molar-refractivity contribution >= 4 is 0 Å². The molecule has 2 aliphatic rings. The average molecular weight is 300 g/mol. The Labute approximate surface area is 136 Å². The summed E-state index contributed by atoms with van der Waals surface area (Å²) in [6, 6.07) is 7.16. The van der Waals surface area contributed by atoms with E-state index in [-0.39, 0.29) is 0 Å². The first-order valence-corrected chi connectivity index (χ1v) is 9.46. The summed E-state index contributed by atoms with van der Waals surface area (Å²) in [5.41, 5.74) is 5.11. The minimum absolute atomic E-state index is 0.439. The molecule has 1 fully saturated rings. The summed E-state index contributed by atoms with van der Waals surface area (Å²) >= 11 is 0. The highest BCUT2D eigenvalue weighted by Crippen LogP contribution is 2.37. The van der Waals surface area contributed by atoms with Gasteiger partial charge in [0.05, 0.1) is 0 Å². The van der Waals surface area contributed by atoms with Crippen molar-refractivity contribution in [3.05, 3.63) is 34.9 Å². The Hall–Kier alpha value is -0.820. The Balaban J connectivity index is 1.51. The van der Waals surface area contributed by atoms with Gasteiger partial charge in [0.2, 0.25) is 0 Å². The molecule has 2 aliphatic carbocycles. The molecule has 0 radical (unpaired) electrons. The van der Waals surface area contributed by atoms with Crippen LogP contribution >= 0.6 is 0 Å². The lowest BCUT2D eigenvalue weighted by atomic mass is 9.71. The zero-order valence-electron chi connectivity index (χ0n) is 14.6. The molecule has 1 aromatic carbocycles. The van der Waals surface area contributed by atoms with Crippen LogP contribution in [0.15, 0.2) is 18.2 Å². The Morgan fingerprint density at radius 3 is 2.45 bits per heavy atom. The van der Waals surface area contributed by atoms with Gasteiger partial charge in [-0.25, -0.2) is 0 Å². The average Bonchev–Trinajstić information content (AvgIpc) is 2.55. The van der Waals surface area contributed by atoms with Crippen LogP contribution in [0.1, 0.15) is 75.5 Å². The first-order valence-electron chi connectivity index (χ1n) is 9.46. The number of rotatable bonds is 5. The van der Waals surface area contributed by atoms with Gasteiger partial charge in [-0.3, -0.25) is 0 Å². The summed E-state index contributed by atoms with van der Waals surface area (Å²) in [5, 5.41) is 3.75. The van der Waals surface area contributed by atoms with Crippen molar-refractivity contribution in [1.29, 1.82) is 0 Å². The van der Waals surface area contributed by atoms with E-state index in [1.54, 1.807) is 11.1 Å². The van der Waals surface area contributed by atoms with E-state index in [0.717, 1.165) is 19.0 Å². The minimum Gasteiger partial charge on any atom is -0.312 e. The van der Waals surface area contributed by atoms with E-state index in [4.69, 9.17) is 0 Å². The summed E-state index contributed by atoms with van der Waals surface area (Å²) in [7, 11) is 0. The molecule has 0 atom stereocenters. The van der Waals surface area contributed by atoms with Crippen LogP contribution in [0.5, 0.6) is 0 Å². The number of nitrogens with one attached hydrogen (secondary N) is 1. The Morgan fingerprint density at radius 2 is 1.68 bits per heavy atom. The summed E-state index contributed by atoms with van der Waals surface area (Å²) in [5.74, 6) is 0.914. The Morgan fingerprint density at radius 1 is 0.955 bits per heavy atom. The molecule has 0 aliphatic heterocycles. The number of fused-ring (bicyclic) bond motifs is 1. The van der Waals surface area contributed by atoms with Crippen LogP contribution in [0.4, 0.5) is 0 Å². The third-order valence-corrected chi connectivity index (χ3v) is 6.03. The lowest BCUT2D eigenvalue weighted by Crippen LogP contribution is -2.36. The molecule has 0 unspecified atom stereocenters. The molecule has 0 amide bonds. The van der Waals surface area contributed by atoms with Crippen LogP contribution < -0.4 is 5.32 Å². The van der Waals surface area contributed by atoms with Gasteiger partial charge >= 0.3 is 0 Å². The number of aryl methyl sites for hydroxylation is 2. The fourth-order valence-electron chi connectivity index (χ4n) is 4.45. The van der Waals surface area contributed by atoms with Crippen molar-refractivity contribution in [2.45, 2.75) is 78.2 Å². The molecule has 0 bridgehead atoms. The molecule has 122 valence electrons. The highest BCUT2D eigenvalue weighted by atomic mass is 14.9. The van der Waals surface area contributed by atoms with Crippen molar-refractivity contribution in [2.24, 2.45) is 11.3 Å². The molecule has 1 nitrogen and oxygen atoms in total. The summed E-state index contributed by atoms with van der Waals surface area (Å²) in [6.07, 6.45) is 12.5. The molecule has 1 saturated carbocycles. The maximum Gasteiger partial charge on any atom is 0.0205 e. The molecule has 1 aromatic rings. The molecular weight excluding hydrogens is 266 g/mol. The SMILES string of the molecule is CC(C)(CNCc1ccc2c(c1)CCCC2)C1CCCCC1. The first kappa shape index (κ1) is 16.1. The number of hydrogen-bond acceptors (Lipinski definition) is 1. The van der Waals surface area contributed by atoms with Gasteiger partial charge in [-0.2, -0.15) is 0 Å². The second-order valence-corrected chi connectivity index (χ2v) is 8.24. The van der Waals surface area contributed by atoms with Gasteiger partial charge in [0, 0.05) is 13.1 Å². The highest BCUT2D eigenvalue weighted by molar-refractivity contribution is 5.33. The van der Waals surface area contributed by atoms with Crippen LogP contribution in [-0.2, 0) is 19.4 Å². The second kappa shape index (κ2) is 7.17. The summed E-state index contributed by atoms with van der Waals surface area (Å²) in [6.45, 7) is 7.10. The minimum atomic E-state index is 0.439. The van der Waals surface area contributed by atoms with Gasteiger partial charge in [-0.15, -0.1) is 0 Å². The van der Waals surface area contributed by atoms with Crippen molar-refractivity contribution < 1.29 is 0 Å². The monoisotopic (exact) mass is 299 g/mol. The molecule has 1 N–H and O–H groups in total. The van der Waals surface area contributed by atoms with E-state index < -0.39 is 0 Å². The van der Waals surface area contributed by atoms with Gasteiger partial charge < -0.3 is 5.32 Å². The van der Waals surface area contributed by atoms with E-state index in [1.807, 2.05) is 0 Å². The zero-order chi connectivity index (χ0) is 15.4. The Kier molecular flexibility index (Phi) is 5.23. The van der Waals surface area contributed by atoms with Crippen molar-refractivity contribution in [3.63, 3.8) is 0 Å². The molecule has 0 spiro atoms. The first-order chi connectivity index (χ1) is 10.6. The third-order valence-electron chi connectivity index (χ3n) is 6.03. The highest BCUT2D eigenvalue weighted by Gasteiger charge is 2.30. The largest absolute Gasteiger partial charge is 0.312 e. The van der Waals surface area contributed by atoms with Crippen molar-refractivity contribution in [3.8, 4) is 0 Å². The fourth-order valence-corrected chi connectivity index (χ4v) is 4.45. The Bertz CT molecular complexity index is 483. The summed E-state index contributed by atoms with van der Waals surface area (Å²) in [4.78, 5) is 0. The second-order valence-electron chi connectivity index (χ2n) is 8.24. The molecule has 22 heavy (non-hydrogen) atoms. The van der Waals surface area contributed by atoms with E-state index in [2.05, 4.69) is 37.4 Å². The predicted octanol–water partition coefficient (Wildman–Crippen LogP) is 5.26. The van der Waals surface area contributed by atoms with E-state index in [9.17, 15) is 0 Å². The molecular formula is C21H33N. The maximum absolute atomic E-state index is 3.75. The molecule has 0 saturated heterocycles. The van der Waals surface area contributed by atoms with Crippen LogP contribution in [0.2, 0.25) is 0 Å². The third kappa shape index (κ3) is 3.93. The number of hydrogen-bond donors (Lipinski definition) is 1. The van der Waals surface area contributed by atoms with E-state index >= 15 is 0 Å². The zero-order valence-corrected chi connectivity index (χ0v) is 14.6.